The molecule has 1 fully saturated rings. The average molecular weight is 453 g/mol. The van der Waals surface area contributed by atoms with Crippen LogP contribution in [0.15, 0.2) is 27.5 Å². The molecule has 1 amide bonds. The van der Waals surface area contributed by atoms with Gasteiger partial charge in [-0.1, -0.05) is 16.7 Å². The fraction of sp³-hybridized carbons (Fsp3) is 0.438. The van der Waals surface area contributed by atoms with Gasteiger partial charge in [-0.3, -0.25) is 10.1 Å². The number of halogens is 4. The topological polar surface area (TPSA) is 105 Å². The van der Waals surface area contributed by atoms with Gasteiger partial charge in [-0.2, -0.15) is 17.5 Å². The lowest BCUT2D eigenvalue weighted by atomic mass is 9.97. The van der Waals surface area contributed by atoms with Gasteiger partial charge in [0.2, 0.25) is 21.8 Å². The number of benzene rings is 1. The van der Waals surface area contributed by atoms with Gasteiger partial charge in [0, 0.05) is 25.9 Å². The monoisotopic (exact) mass is 452 g/mol. The summed E-state index contributed by atoms with van der Waals surface area (Å²) in [6.07, 6.45) is -4.35. The molecule has 0 spiro atoms. The number of anilines is 1. The highest BCUT2D eigenvalue weighted by atomic mass is 35.5. The maximum atomic E-state index is 12.9. The zero-order valence-electron chi connectivity index (χ0n) is 15.0. The Morgan fingerprint density at radius 3 is 2.48 bits per heavy atom. The molecule has 0 saturated carbocycles. The lowest BCUT2D eigenvalue weighted by molar-refractivity contribution is -0.137. The number of alkyl halides is 3. The highest BCUT2D eigenvalue weighted by Crippen LogP contribution is 2.35. The third-order valence-electron chi connectivity index (χ3n) is 4.46. The summed E-state index contributed by atoms with van der Waals surface area (Å²) in [5.41, 5.74) is -1.11. The summed E-state index contributed by atoms with van der Waals surface area (Å²) in [5, 5.41) is 9.39. The van der Waals surface area contributed by atoms with Crippen LogP contribution in [0.1, 0.15) is 24.3 Å². The molecule has 0 aliphatic carbocycles. The smallest absolute Gasteiger partial charge is 0.408 e. The van der Waals surface area contributed by atoms with E-state index in [0.29, 0.717) is 6.07 Å². The second kappa shape index (κ2) is 7.92. The molecule has 1 aromatic heterocycles. The van der Waals surface area contributed by atoms with E-state index < -0.39 is 38.5 Å². The van der Waals surface area contributed by atoms with E-state index in [0.717, 1.165) is 16.4 Å². The molecule has 2 heterocycles. The first kappa shape index (κ1) is 21.5. The molecule has 0 bridgehead atoms. The van der Waals surface area contributed by atoms with E-state index in [1.54, 1.807) is 6.92 Å². The number of carbonyl (C=O) groups is 1. The first-order chi connectivity index (χ1) is 13.5. The minimum atomic E-state index is -4.70. The molecule has 1 aliphatic rings. The molecule has 8 nitrogen and oxygen atoms in total. The maximum Gasteiger partial charge on any atom is 0.416 e. The SMILES string of the molecule is Cc1nnc(NC(=O)C2CCN(S(=O)(=O)c3cc(C(F)(F)F)ccc3Cl)CC2)o1. The van der Waals surface area contributed by atoms with Crippen molar-refractivity contribution < 1.29 is 30.8 Å². The zero-order valence-corrected chi connectivity index (χ0v) is 16.6. The van der Waals surface area contributed by atoms with Gasteiger partial charge in [0.05, 0.1) is 10.6 Å². The van der Waals surface area contributed by atoms with Crippen LogP contribution in [0.4, 0.5) is 19.2 Å². The summed E-state index contributed by atoms with van der Waals surface area (Å²) in [7, 11) is -4.25. The van der Waals surface area contributed by atoms with Gasteiger partial charge in [0.1, 0.15) is 4.90 Å². The van der Waals surface area contributed by atoms with Crippen LogP contribution < -0.4 is 5.32 Å². The number of amides is 1. The van der Waals surface area contributed by atoms with Gasteiger partial charge in [-0.15, -0.1) is 5.10 Å². The van der Waals surface area contributed by atoms with Gasteiger partial charge in [-0.05, 0) is 31.0 Å². The van der Waals surface area contributed by atoms with Crippen LogP contribution in [0.3, 0.4) is 0 Å². The summed E-state index contributed by atoms with van der Waals surface area (Å²) in [6.45, 7) is 1.47. The molecule has 13 heteroatoms. The largest absolute Gasteiger partial charge is 0.416 e. The molecule has 0 atom stereocenters. The number of hydrogen-bond donors (Lipinski definition) is 1. The fourth-order valence-electron chi connectivity index (χ4n) is 2.93. The number of nitrogens with one attached hydrogen (secondary N) is 1. The van der Waals surface area contributed by atoms with Gasteiger partial charge in [0.25, 0.3) is 0 Å². The first-order valence-corrected chi connectivity index (χ1v) is 10.3. The predicted molar refractivity (Wildman–Crippen MR) is 95.6 cm³/mol. The zero-order chi connectivity index (χ0) is 21.4. The van der Waals surface area contributed by atoms with Crippen molar-refractivity contribution in [2.45, 2.75) is 30.8 Å². The van der Waals surface area contributed by atoms with Crippen LogP contribution in [0, 0.1) is 12.8 Å². The molecular formula is C16H16ClF3N4O4S. The number of piperidine rings is 1. The second-order valence-corrected chi connectivity index (χ2v) is 8.75. The van der Waals surface area contributed by atoms with E-state index >= 15 is 0 Å². The molecular weight excluding hydrogens is 437 g/mol. The Balaban J connectivity index is 1.71. The Morgan fingerprint density at radius 1 is 1.28 bits per heavy atom. The number of carbonyl (C=O) groups excluding carboxylic acids is 1. The van der Waals surface area contributed by atoms with Gasteiger partial charge in [0.15, 0.2) is 0 Å². The van der Waals surface area contributed by atoms with Crippen molar-refractivity contribution in [3.05, 3.63) is 34.7 Å². The molecule has 3 rings (SSSR count). The molecule has 0 unspecified atom stereocenters. The standard InChI is InChI=1S/C16H16ClF3N4O4S/c1-9-22-23-15(28-9)21-14(25)10-4-6-24(7-5-10)29(26,27)13-8-11(16(18,19)20)2-3-12(13)17/h2-3,8,10H,4-7H2,1H3,(H,21,23,25). The van der Waals surface area contributed by atoms with E-state index in [4.69, 9.17) is 16.0 Å². The molecule has 1 aliphatic heterocycles. The summed E-state index contributed by atoms with van der Waals surface area (Å²) >= 11 is 5.86. The van der Waals surface area contributed by atoms with Crippen LogP contribution in [0.25, 0.3) is 0 Å². The van der Waals surface area contributed by atoms with Crippen LogP contribution in [0.5, 0.6) is 0 Å². The highest BCUT2D eigenvalue weighted by molar-refractivity contribution is 7.89. The first-order valence-electron chi connectivity index (χ1n) is 8.46. The third-order valence-corrected chi connectivity index (χ3v) is 6.84. The third kappa shape index (κ3) is 4.70. The van der Waals surface area contributed by atoms with Crippen molar-refractivity contribution in [1.29, 1.82) is 0 Å². The van der Waals surface area contributed by atoms with Gasteiger partial charge < -0.3 is 4.42 Å². The van der Waals surface area contributed by atoms with Crippen molar-refractivity contribution in [2.75, 3.05) is 18.4 Å². The van der Waals surface area contributed by atoms with Gasteiger partial charge in [-0.25, -0.2) is 8.42 Å². The minimum absolute atomic E-state index is 0.0458. The molecule has 0 radical (unpaired) electrons. The lowest BCUT2D eigenvalue weighted by Crippen LogP contribution is -2.41. The van der Waals surface area contributed by atoms with Crippen molar-refractivity contribution in [3.63, 3.8) is 0 Å². The average Bonchev–Trinajstić information content (AvgIpc) is 3.05. The second-order valence-electron chi connectivity index (χ2n) is 6.44. The van der Waals surface area contributed by atoms with Crippen LogP contribution in [-0.2, 0) is 21.0 Å². The molecule has 158 valence electrons. The van der Waals surface area contributed by atoms with Crippen LogP contribution in [-0.4, -0.2) is 41.9 Å². The Labute approximate surface area is 169 Å². The Hall–Kier alpha value is -2.18. The summed E-state index contributed by atoms with van der Waals surface area (Å²) < 4.78 is 70.5. The van der Waals surface area contributed by atoms with Crippen LogP contribution in [0.2, 0.25) is 5.02 Å². The molecule has 1 aromatic carbocycles. The summed E-state index contributed by atoms with van der Waals surface area (Å²) in [5.74, 6) is -0.632. The lowest BCUT2D eigenvalue weighted by Gasteiger charge is -2.30. The normalized spacial score (nSPS) is 16.7. The highest BCUT2D eigenvalue weighted by Gasteiger charge is 2.36. The molecule has 29 heavy (non-hydrogen) atoms. The van der Waals surface area contributed by atoms with Crippen molar-refractivity contribution in [2.24, 2.45) is 5.92 Å². The maximum absolute atomic E-state index is 12.9. The van der Waals surface area contributed by atoms with E-state index in [-0.39, 0.29) is 42.9 Å². The number of hydrogen-bond acceptors (Lipinski definition) is 6. The predicted octanol–water partition coefficient (Wildman–Crippen LogP) is 3.09. The van der Waals surface area contributed by atoms with E-state index in [9.17, 15) is 26.4 Å². The van der Waals surface area contributed by atoms with E-state index in [1.807, 2.05) is 0 Å². The van der Waals surface area contributed by atoms with Crippen molar-refractivity contribution >= 4 is 33.5 Å². The fourth-order valence-corrected chi connectivity index (χ4v) is 4.90. The summed E-state index contributed by atoms with van der Waals surface area (Å²) in [6, 6.07) is 2.09. The molecule has 1 saturated heterocycles. The Kier molecular flexibility index (Phi) is 5.88. The van der Waals surface area contributed by atoms with Crippen LogP contribution >= 0.6 is 11.6 Å². The minimum Gasteiger partial charge on any atom is -0.408 e. The van der Waals surface area contributed by atoms with Crippen molar-refractivity contribution in [3.8, 4) is 0 Å². The number of nitrogens with zero attached hydrogens (tertiary/aromatic N) is 3. The number of aryl methyl sites for hydroxylation is 1. The van der Waals surface area contributed by atoms with Crippen molar-refractivity contribution in [1.82, 2.24) is 14.5 Å². The number of rotatable bonds is 4. The quantitative estimate of drug-likeness (QED) is 0.764. The molecule has 1 N–H and O–H groups in total. The molecule has 2 aromatic rings. The van der Waals surface area contributed by atoms with Gasteiger partial charge >= 0.3 is 12.2 Å². The summed E-state index contributed by atoms with van der Waals surface area (Å²) in [4.78, 5) is 11.6. The Morgan fingerprint density at radius 2 is 1.93 bits per heavy atom. The van der Waals surface area contributed by atoms with E-state index in [2.05, 4.69) is 15.5 Å². The number of sulfonamides is 1. The number of aromatic nitrogens is 2. The van der Waals surface area contributed by atoms with E-state index in [1.165, 1.54) is 0 Å². The Bertz CT molecular complexity index is 1020.